The lowest BCUT2D eigenvalue weighted by Gasteiger charge is -2.19. The van der Waals surface area contributed by atoms with Gasteiger partial charge in [-0.15, -0.1) is 11.3 Å². The van der Waals surface area contributed by atoms with Gasteiger partial charge in [0.05, 0.1) is 6.04 Å². The van der Waals surface area contributed by atoms with Crippen molar-refractivity contribution in [2.24, 2.45) is 0 Å². The Hall–Kier alpha value is -2.67. The predicted molar refractivity (Wildman–Crippen MR) is 118 cm³/mol. The number of thiophene rings is 1. The van der Waals surface area contributed by atoms with Gasteiger partial charge in [-0.1, -0.05) is 43.7 Å². The first-order valence-electron chi connectivity index (χ1n) is 10.4. The van der Waals surface area contributed by atoms with Crippen molar-refractivity contribution in [2.45, 2.75) is 58.0 Å². The second kappa shape index (κ2) is 9.43. The Morgan fingerprint density at radius 1 is 1.20 bits per heavy atom. The highest BCUT2D eigenvalue weighted by molar-refractivity contribution is 7.10. The van der Waals surface area contributed by atoms with Crippen molar-refractivity contribution in [3.63, 3.8) is 0 Å². The van der Waals surface area contributed by atoms with E-state index in [-0.39, 0.29) is 30.8 Å². The summed E-state index contributed by atoms with van der Waals surface area (Å²) < 4.78 is 0. The van der Waals surface area contributed by atoms with E-state index in [4.69, 9.17) is 0 Å². The molecule has 160 valence electrons. The fourth-order valence-corrected chi connectivity index (χ4v) is 4.39. The van der Waals surface area contributed by atoms with E-state index >= 15 is 0 Å². The van der Waals surface area contributed by atoms with Gasteiger partial charge in [-0.05, 0) is 49.3 Å². The van der Waals surface area contributed by atoms with Crippen LogP contribution in [0.3, 0.4) is 0 Å². The Labute approximate surface area is 181 Å². The number of rotatable bonds is 9. The van der Waals surface area contributed by atoms with E-state index in [0.29, 0.717) is 6.42 Å². The minimum absolute atomic E-state index is 0.0997. The van der Waals surface area contributed by atoms with Crippen LogP contribution in [0.15, 0.2) is 41.8 Å². The Morgan fingerprint density at radius 3 is 2.50 bits per heavy atom. The monoisotopic (exact) mass is 427 g/mol. The number of carbonyl (C=O) groups excluding carboxylic acids is 3. The SMILES string of the molecule is CCCc1ccc(C(NC(=O)CCCN2C(=O)NC(C)(C)C2=O)c2cccs2)cc1. The van der Waals surface area contributed by atoms with Gasteiger partial charge in [0, 0.05) is 17.8 Å². The van der Waals surface area contributed by atoms with Crippen LogP contribution in [0, 0.1) is 0 Å². The summed E-state index contributed by atoms with van der Waals surface area (Å²) in [5.41, 5.74) is 1.45. The van der Waals surface area contributed by atoms with Crippen molar-refractivity contribution < 1.29 is 14.4 Å². The zero-order chi connectivity index (χ0) is 21.7. The molecule has 1 aliphatic heterocycles. The average Bonchev–Trinajstić information content (AvgIpc) is 3.29. The molecule has 1 fully saturated rings. The van der Waals surface area contributed by atoms with E-state index in [1.807, 2.05) is 17.5 Å². The van der Waals surface area contributed by atoms with Crippen LogP contribution in [-0.2, 0) is 16.0 Å². The highest BCUT2D eigenvalue weighted by Crippen LogP contribution is 2.27. The van der Waals surface area contributed by atoms with Gasteiger partial charge in [0.15, 0.2) is 0 Å². The lowest BCUT2D eigenvalue weighted by Crippen LogP contribution is -2.40. The molecule has 30 heavy (non-hydrogen) atoms. The Bertz CT molecular complexity index is 891. The molecule has 2 aromatic rings. The fourth-order valence-electron chi connectivity index (χ4n) is 3.59. The molecule has 1 aliphatic rings. The molecule has 3 rings (SSSR count). The van der Waals surface area contributed by atoms with E-state index in [9.17, 15) is 14.4 Å². The van der Waals surface area contributed by atoms with Crippen LogP contribution in [0.1, 0.15) is 62.1 Å². The second-order valence-electron chi connectivity index (χ2n) is 8.12. The first kappa shape index (κ1) is 22.0. The third kappa shape index (κ3) is 5.08. The van der Waals surface area contributed by atoms with E-state index in [1.165, 1.54) is 10.5 Å². The second-order valence-corrected chi connectivity index (χ2v) is 9.10. The first-order chi connectivity index (χ1) is 14.3. The lowest BCUT2D eigenvalue weighted by atomic mass is 10.0. The molecule has 1 unspecified atom stereocenters. The van der Waals surface area contributed by atoms with E-state index < -0.39 is 11.6 Å². The van der Waals surface area contributed by atoms with Crippen LogP contribution in [0.5, 0.6) is 0 Å². The third-order valence-electron chi connectivity index (χ3n) is 5.21. The van der Waals surface area contributed by atoms with Gasteiger partial charge in [0.25, 0.3) is 5.91 Å². The maximum absolute atomic E-state index is 12.6. The molecule has 0 aliphatic carbocycles. The Balaban J connectivity index is 1.60. The van der Waals surface area contributed by atoms with Gasteiger partial charge in [-0.2, -0.15) is 0 Å². The standard InChI is InChI=1S/C23H29N3O3S/c1-4-7-16-10-12-17(13-11-16)20(18-8-6-15-30-18)24-19(27)9-5-14-26-21(28)23(2,3)25-22(26)29/h6,8,10-13,15,20H,4-5,7,9,14H2,1-3H3,(H,24,27)(H,25,29). The number of aryl methyl sites for hydroxylation is 1. The number of carbonyl (C=O) groups is 3. The van der Waals surface area contributed by atoms with Crippen molar-refractivity contribution >= 4 is 29.2 Å². The molecule has 0 saturated carbocycles. The van der Waals surface area contributed by atoms with E-state index in [0.717, 1.165) is 23.3 Å². The predicted octanol–water partition coefficient (Wildman–Crippen LogP) is 4.02. The van der Waals surface area contributed by atoms with Gasteiger partial charge in [-0.25, -0.2) is 4.79 Å². The molecule has 7 heteroatoms. The summed E-state index contributed by atoms with van der Waals surface area (Å²) in [6.45, 7) is 5.74. The average molecular weight is 428 g/mol. The number of benzene rings is 1. The number of urea groups is 1. The summed E-state index contributed by atoms with van der Waals surface area (Å²) in [6.07, 6.45) is 2.80. The molecular weight excluding hydrogens is 398 g/mol. The summed E-state index contributed by atoms with van der Waals surface area (Å²) in [7, 11) is 0. The fraction of sp³-hybridized carbons (Fsp3) is 0.435. The first-order valence-corrected chi connectivity index (χ1v) is 11.3. The maximum Gasteiger partial charge on any atom is 0.325 e. The number of hydrogen-bond donors (Lipinski definition) is 2. The minimum Gasteiger partial charge on any atom is -0.344 e. The van der Waals surface area contributed by atoms with Crippen LogP contribution in [0.2, 0.25) is 0 Å². The molecule has 1 atom stereocenters. The van der Waals surface area contributed by atoms with Crippen molar-refractivity contribution in [2.75, 3.05) is 6.54 Å². The van der Waals surface area contributed by atoms with Gasteiger partial charge in [0.2, 0.25) is 5.91 Å². The topological polar surface area (TPSA) is 78.5 Å². The molecule has 2 heterocycles. The van der Waals surface area contributed by atoms with Crippen LogP contribution in [-0.4, -0.2) is 34.8 Å². The van der Waals surface area contributed by atoms with Gasteiger partial charge in [-0.3, -0.25) is 14.5 Å². The molecule has 0 bridgehead atoms. The molecule has 6 nitrogen and oxygen atoms in total. The van der Waals surface area contributed by atoms with Gasteiger partial charge in [0.1, 0.15) is 5.54 Å². The molecular formula is C23H29N3O3S. The molecule has 1 aromatic heterocycles. The van der Waals surface area contributed by atoms with Crippen molar-refractivity contribution in [1.82, 2.24) is 15.5 Å². The smallest absolute Gasteiger partial charge is 0.325 e. The number of nitrogens with zero attached hydrogens (tertiary/aromatic N) is 1. The van der Waals surface area contributed by atoms with Crippen molar-refractivity contribution in [3.8, 4) is 0 Å². The van der Waals surface area contributed by atoms with Crippen molar-refractivity contribution in [1.29, 1.82) is 0 Å². The molecule has 4 amide bonds. The quantitative estimate of drug-likeness (QED) is 0.594. The van der Waals surface area contributed by atoms with Gasteiger partial charge >= 0.3 is 6.03 Å². The van der Waals surface area contributed by atoms with E-state index in [1.54, 1.807) is 25.2 Å². The number of nitrogens with one attached hydrogen (secondary N) is 2. The molecule has 2 N–H and O–H groups in total. The minimum atomic E-state index is -0.881. The van der Waals surface area contributed by atoms with Gasteiger partial charge < -0.3 is 10.6 Å². The normalized spacial score (nSPS) is 16.4. The highest BCUT2D eigenvalue weighted by Gasteiger charge is 2.43. The molecule has 0 spiro atoms. The van der Waals surface area contributed by atoms with Crippen molar-refractivity contribution in [3.05, 3.63) is 57.8 Å². The Kier molecular flexibility index (Phi) is 6.92. The summed E-state index contributed by atoms with van der Waals surface area (Å²) in [4.78, 5) is 39.1. The van der Waals surface area contributed by atoms with Crippen LogP contribution >= 0.6 is 11.3 Å². The largest absolute Gasteiger partial charge is 0.344 e. The number of imide groups is 1. The maximum atomic E-state index is 12.6. The summed E-state index contributed by atoms with van der Waals surface area (Å²) in [5.74, 6) is -0.353. The number of amides is 4. The lowest BCUT2D eigenvalue weighted by molar-refractivity contribution is -0.130. The summed E-state index contributed by atoms with van der Waals surface area (Å²) in [6, 6.07) is 11.8. The van der Waals surface area contributed by atoms with Crippen LogP contribution in [0.4, 0.5) is 4.79 Å². The zero-order valence-corrected chi connectivity index (χ0v) is 18.6. The summed E-state index contributed by atoms with van der Waals surface area (Å²) in [5, 5.41) is 7.77. The molecule has 0 radical (unpaired) electrons. The summed E-state index contributed by atoms with van der Waals surface area (Å²) >= 11 is 1.61. The zero-order valence-electron chi connectivity index (χ0n) is 17.7. The van der Waals surface area contributed by atoms with Crippen LogP contribution in [0.25, 0.3) is 0 Å². The molecule has 1 saturated heterocycles. The Morgan fingerprint density at radius 2 is 1.93 bits per heavy atom. The van der Waals surface area contributed by atoms with Crippen LogP contribution < -0.4 is 10.6 Å². The highest BCUT2D eigenvalue weighted by atomic mass is 32.1. The third-order valence-corrected chi connectivity index (χ3v) is 6.15. The van der Waals surface area contributed by atoms with E-state index in [2.05, 4.69) is 41.8 Å². The molecule has 1 aromatic carbocycles. The number of hydrogen-bond acceptors (Lipinski definition) is 4.